The number of hydrogen-bond donors (Lipinski definition) is 1. The van der Waals surface area contributed by atoms with Crippen molar-refractivity contribution < 1.29 is 4.74 Å². The average molecular weight is 279 g/mol. The second-order valence-corrected chi connectivity index (χ2v) is 5.70. The van der Waals surface area contributed by atoms with Crippen LogP contribution in [-0.4, -0.2) is 35.6 Å². The summed E-state index contributed by atoms with van der Waals surface area (Å²) in [6.45, 7) is 6.69. The van der Waals surface area contributed by atoms with Gasteiger partial charge in [-0.25, -0.2) is 0 Å². The van der Waals surface area contributed by atoms with E-state index in [4.69, 9.17) is 9.84 Å². The first-order valence-electron chi connectivity index (χ1n) is 8.18. The maximum Gasteiger partial charge on any atom is 0.0641 e. The van der Waals surface area contributed by atoms with E-state index in [0.717, 1.165) is 26.2 Å². The third-order valence-electron chi connectivity index (χ3n) is 4.08. The largest absolute Gasteiger partial charge is 0.380 e. The van der Waals surface area contributed by atoms with Crippen LogP contribution in [0.4, 0.5) is 0 Å². The SMILES string of the molecule is CCNC(COCC)Cc1ccn(C2CCCCC2)n1. The molecule has 4 heteroatoms. The van der Waals surface area contributed by atoms with Crippen molar-refractivity contribution in [3.05, 3.63) is 18.0 Å². The third-order valence-corrected chi connectivity index (χ3v) is 4.08. The van der Waals surface area contributed by atoms with Crippen LogP contribution in [-0.2, 0) is 11.2 Å². The zero-order valence-electron chi connectivity index (χ0n) is 13.0. The van der Waals surface area contributed by atoms with E-state index in [1.165, 1.54) is 37.8 Å². The molecule has 1 heterocycles. The van der Waals surface area contributed by atoms with Crippen LogP contribution in [0.25, 0.3) is 0 Å². The first kappa shape index (κ1) is 15.5. The predicted molar refractivity (Wildman–Crippen MR) is 82.0 cm³/mol. The fourth-order valence-corrected chi connectivity index (χ4v) is 3.03. The smallest absolute Gasteiger partial charge is 0.0641 e. The van der Waals surface area contributed by atoms with Crippen LogP contribution in [0.15, 0.2) is 12.3 Å². The minimum atomic E-state index is 0.370. The van der Waals surface area contributed by atoms with E-state index in [1.54, 1.807) is 0 Å². The van der Waals surface area contributed by atoms with Crippen LogP contribution < -0.4 is 5.32 Å². The van der Waals surface area contributed by atoms with E-state index in [2.05, 4.69) is 29.2 Å². The van der Waals surface area contributed by atoms with Gasteiger partial charge in [-0.3, -0.25) is 4.68 Å². The molecule has 1 aromatic rings. The first-order chi connectivity index (χ1) is 9.83. The van der Waals surface area contributed by atoms with Crippen LogP contribution in [0.1, 0.15) is 57.7 Å². The Balaban J connectivity index is 1.89. The summed E-state index contributed by atoms with van der Waals surface area (Å²) in [6, 6.07) is 3.17. The molecule has 1 aliphatic rings. The maximum absolute atomic E-state index is 5.55. The molecule has 2 rings (SSSR count). The lowest BCUT2D eigenvalue weighted by Crippen LogP contribution is -2.35. The summed E-state index contributed by atoms with van der Waals surface area (Å²) < 4.78 is 7.74. The second-order valence-electron chi connectivity index (χ2n) is 5.70. The first-order valence-corrected chi connectivity index (χ1v) is 8.18. The molecule has 20 heavy (non-hydrogen) atoms. The molecule has 0 bridgehead atoms. The number of nitrogens with one attached hydrogen (secondary N) is 1. The molecule has 0 amide bonds. The summed E-state index contributed by atoms with van der Waals surface area (Å²) in [7, 11) is 0. The fourth-order valence-electron chi connectivity index (χ4n) is 3.03. The number of rotatable bonds is 8. The summed E-state index contributed by atoms with van der Waals surface area (Å²) >= 11 is 0. The molecule has 0 aromatic carbocycles. The van der Waals surface area contributed by atoms with Crippen molar-refractivity contribution in [3.63, 3.8) is 0 Å². The van der Waals surface area contributed by atoms with Crippen molar-refractivity contribution in [2.75, 3.05) is 19.8 Å². The Morgan fingerprint density at radius 3 is 2.85 bits per heavy atom. The van der Waals surface area contributed by atoms with Crippen molar-refractivity contribution >= 4 is 0 Å². The topological polar surface area (TPSA) is 39.1 Å². The van der Waals surface area contributed by atoms with Gasteiger partial charge in [-0.15, -0.1) is 0 Å². The normalized spacial score (nSPS) is 18.3. The van der Waals surface area contributed by atoms with E-state index >= 15 is 0 Å². The van der Waals surface area contributed by atoms with Crippen LogP contribution >= 0.6 is 0 Å². The van der Waals surface area contributed by atoms with E-state index in [-0.39, 0.29) is 0 Å². The Bertz CT molecular complexity index is 372. The Labute approximate surface area is 122 Å². The summed E-state index contributed by atoms with van der Waals surface area (Å²) in [5.41, 5.74) is 1.18. The van der Waals surface area contributed by atoms with Gasteiger partial charge in [0.1, 0.15) is 0 Å². The summed E-state index contributed by atoms with van der Waals surface area (Å²) in [6.07, 6.45) is 9.78. The highest BCUT2D eigenvalue weighted by atomic mass is 16.5. The lowest BCUT2D eigenvalue weighted by molar-refractivity contribution is 0.123. The lowest BCUT2D eigenvalue weighted by atomic mass is 9.96. The molecule has 1 unspecified atom stereocenters. The molecule has 1 N–H and O–H groups in total. The van der Waals surface area contributed by atoms with Crippen molar-refractivity contribution in [2.45, 2.75) is 64.5 Å². The number of likely N-dealkylation sites (N-methyl/N-ethyl adjacent to an activating group) is 1. The predicted octanol–water partition coefficient (Wildman–Crippen LogP) is 2.95. The fraction of sp³-hybridized carbons (Fsp3) is 0.812. The molecule has 1 aromatic heterocycles. The third kappa shape index (κ3) is 4.60. The molecule has 4 nitrogen and oxygen atoms in total. The highest BCUT2D eigenvalue weighted by Crippen LogP contribution is 2.27. The van der Waals surface area contributed by atoms with Gasteiger partial charge in [0.25, 0.3) is 0 Å². The van der Waals surface area contributed by atoms with Crippen LogP contribution in [0.5, 0.6) is 0 Å². The zero-order valence-corrected chi connectivity index (χ0v) is 13.0. The molecular formula is C16H29N3O. The van der Waals surface area contributed by atoms with Crippen LogP contribution in [0.3, 0.4) is 0 Å². The van der Waals surface area contributed by atoms with E-state index in [0.29, 0.717) is 12.1 Å². The van der Waals surface area contributed by atoms with Gasteiger partial charge < -0.3 is 10.1 Å². The van der Waals surface area contributed by atoms with Gasteiger partial charge in [0, 0.05) is 25.3 Å². The molecule has 0 spiro atoms. The van der Waals surface area contributed by atoms with Crippen molar-refractivity contribution in [1.29, 1.82) is 0 Å². The minimum absolute atomic E-state index is 0.370. The number of hydrogen-bond acceptors (Lipinski definition) is 3. The summed E-state index contributed by atoms with van der Waals surface area (Å²) in [5, 5.41) is 8.27. The summed E-state index contributed by atoms with van der Waals surface area (Å²) in [5.74, 6) is 0. The molecule has 1 aliphatic carbocycles. The molecule has 0 radical (unpaired) electrons. The average Bonchev–Trinajstić information content (AvgIpc) is 2.94. The van der Waals surface area contributed by atoms with Crippen LogP contribution in [0, 0.1) is 0 Å². The Kier molecular flexibility index (Phi) is 6.54. The van der Waals surface area contributed by atoms with Crippen LogP contribution in [0.2, 0.25) is 0 Å². The molecule has 0 saturated heterocycles. The van der Waals surface area contributed by atoms with Crippen molar-refractivity contribution in [1.82, 2.24) is 15.1 Å². The van der Waals surface area contributed by atoms with Gasteiger partial charge in [0.05, 0.1) is 18.3 Å². The van der Waals surface area contributed by atoms with Gasteiger partial charge in [0.15, 0.2) is 0 Å². The Morgan fingerprint density at radius 1 is 1.35 bits per heavy atom. The van der Waals surface area contributed by atoms with Gasteiger partial charge >= 0.3 is 0 Å². The minimum Gasteiger partial charge on any atom is -0.380 e. The number of nitrogens with zero attached hydrogens (tertiary/aromatic N) is 2. The van der Waals surface area contributed by atoms with Crippen molar-refractivity contribution in [2.24, 2.45) is 0 Å². The van der Waals surface area contributed by atoms with E-state index in [9.17, 15) is 0 Å². The van der Waals surface area contributed by atoms with Gasteiger partial charge in [-0.2, -0.15) is 5.10 Å². The highest BCUT2D eigenvalue weighted by molar-refractivity contribution is 5.02. The molecular weight excluding hydrogens is 250 g/mol. The van der Waals surface area contributed by atoms with Gasteiger partial charge in [-0.05, 0) is 32.4 Å². The maximum atomic E-state index is 5.55. The summed E-state index contributed by atoms with van der Waals surface area (Å²) in [4.78, 5) is 0. The number of aromatic nitrogens is 2. The van der Waals surface area contributed by atoms with Gasteiger partial charge in [-0.1, -0.05) is 26.2 Å². The van der Waals surface area contributed by atoms with Gasteiger partial charge in [0.2, 0.25) is 0 Å². The lowest BCUT2D eigenvalue weighted by Gasteiger charge is -2.22. The zero-order chi connectivity index (χ0) is 14.2. The highest BCUT2D eigenvalue weighted by Gasteiger charge is 2.17. The second kappa shape index (κ2) is 8.42. The molecule has 1 atom stereocenters. The quantitative estimate of drug-likeness (QED) is 0.795. The molecule has 0 aliphatic heterocycles. The monoisotopic (exact) mass is 279 g/mol. The van der Waals surface area contributed by atoms with Crippen molar-refractivity contribution in [3.8, 4) is 0 Å². The standard InChI is InChI=1S/C16H29N3O/c1-3-17-15(13-20-4-2)12-14-10-11-19(18-14)16-8-6-5-7-9-16/h10-11,15-17H,3-9,12-13H2,1-2H3. The van der Waals surface area contributed by atoms with E-state index in [1.807, 2.05) is 6.92 Å². The Hall–Kier alpha value is -0.870. The molecule has 1 saturated carbocycles. The molecule has 1 fully saturated rings. The molecule has 114 valence electrons. The van der Waals surface area contributed by atoms with E-state index < -0.39 is 0 Å². The Morgan fingerprint density at radius 2 is 2.15 bits per heavy atom. The number of ether oxygens (including phenoxy) is 1.